The molecule has 2 N–H and O–H groups in total. The number of aromatic amines is 1. The number of para-hydroxylation sites is 1. The lowest BCUT2D eigenvalue weighted by Crippen LogP contribution is -2.15. The molecule has 0 saturated heterocycles. The van der Waals surface area contributed by atoms with Crippen molar-refractivity contribution in [3.8, 4) is 0 Å². The summed E-state index contributed by atoms with van der Waals surface area (Å²) >= 11 is 0. The van der Waals surface area contributed by atoms with Gasteiger partial charge in [0, 0.05) is 23.3 Å². The largest absolute Gasteiger partial charge is 0.361 e. The van der Waals surface area contributed by atoms with Gasteiger partial charge in [-0.2, -0.15) is 0 Å². The maximum atomic E-state index is 12.1. The first-order valence-electron chi connectivity index (χ1n) is 6.50. The van der Waals surface area contributed by atoms with Gasteiger partial charge < -0.3 is 10.3 Å². The molecule has 0 radical (unpaired) electrons. The number of carbonyl (C=O) groups is 1. The van der Waals surface area contributed by atoms with Gasteiger partial charge in [0.15, 0.2) is 0 Å². The van der Waals surface area contributed by atoms with E-state index in [-0.39, 0.29) is 5.91 Å². The number of carbonyl (C=O) groups excluding carboxylic acids is 1. The lowest BCUT2D eigenvalue weighted by molar-refractivity contribution is -0.115. The first-order valence-corrected chi connectivity index (χ1v) is 6.50. The number of hydrogen-bond donors (Lipinski definition) is 2. The van der Waals surface area contributed by atoms with Crippen LogP contribution in [0.4, 0.5) is 5.82 Å². The van der Waals surface area contributed by atoms with Crippen molar-refractivity contribution >= 4 is 22.6 Å². The lowest BCUT2D eigenvalue weighted by atomic mass is 10.1. The van der Waals surface area contributed by atoms with Crippen molar-refractivity contribution in [1.82, 2.24) is 9.97 Å². The van der Waals surface area contributed by atoms with Crippen LogP contribution in [0.15, 0.2) is 48.8 Å². The van der Waals surface area contributed by atoms with Crippen molar-refractivity contribution in [2.45, 2.75) is 13.3 Å². The number of amides is 1. The Morgan fingerprint density at radius 3 is 2.95 bits per heavy atom. The molecule has 0 aliphatic carbocycles. The Morgan fingerprint density at radius 1 is 1.25 bits per heavy atom. The van der Waals surface area contributed by atoms with Crippen LogP contribution in [0.5, 0.6) is 0 Å². The minimum Gasteiger partial charge on any atom is -0.361 e. The molecule has 4 nitrogen and oxygen atoms in total. The van der Waals surface area contributed by atoms with E-state index in [9.17, 15) is 4.79 Å². The maximum Gasteiger partial charge on any atom is 0.230 e. The number of nitrogens with zero attached hydrogens (tertiary/aromatic N) is 1. The Kier molecular flexibility index (Phi) is 3.21. The molecule has 0 spiro atoms. The molecular formula is C16H15N3O. The molecule has 0 atom stereocenters. The standard InChI is InChI=1S/C16H15N3O/c1-11-5-4-8-17-16(11)19-15(20)9-12-10-18-14-7-3-2-6-13(12)14/h2-8,10,18H,9H2,1H3,(H,17,19,20). The Bertz CT molecular complexity index is 761. The number of aryl methyl sites for hydroxylation is 1. The van der Waals surface area contributed by atoms with Gasteiger partial charge in [-0.3, -0.25) is 4.79 Å². The summed E-state index contributed by atoms with van der Waals surface area (Å²) in [5.74, 6) is 0.564. The predicted octanol–water partition coefficient (Wildman–Crippen LogP) is 3.05. The van der Waals surface area contributed by atoms with E-state index in [0.717, 1.165) is 22.0 Å². The second kappa shape index (κ2) is 5.17. The summed E-state index contributed by atoms with van der Waals surface area (Å²) in [5, 5.41) is 3.93. The number of nitrogens with one attached hydrogen (secondary N) is 2. The van der Waals surface area contributed by atoms with Crippen LogP contribution in [0.25, 0.3) is 10.9 Å². The highest BCUT2D eigenvalue weighted by atomic mass is 16.1. The van der Waals surface area contributed by atoms with Crippen molar-refractivity contribution in [2.75, 3.05) is 5.32 Å². The average Bonchev–Trinajstić information content (AvgIpc) is 2.85. The fraction of sp³-hybridized carbons (Fsp3) is 0.125. The number of anilines is 1. The van der Waals surface area contributed by atoms with Crippen LogP contribution in [0.2, 0.25) is 0 Å². The highest BCUT2D eigenvalue weighted by Crippen LogP contribution is 2.18. The van der Waals surface area contributed by atoms with E-state index in [0.29, 0.717) is 12.2 Å². The highest BCUT2D eigenvalue weighted by Gasteiger charge is 2.10. The fourth-order valence-corrected chi connectivity index (χ4v) is 2.24. The molecule has 0 aliphatic rings. The van der Waals surface area contributed by atoms with Gasteiger partial charge in [0.2, 0.25) is 5.91 Å². The third-order valence-corrected chi connectivity index (χ3v) is 3.29. The monoisotopic (exact) mass is 265 g/mol. The van der Waals surface area contributed by atoms with Gasteiger partial charge in [0.05, 0.1) is 6.42 Å². The normalized spacial score (nSPS) is 10.7. The minimum absolute atomic E-state index is 0.0587. The van der Waals surface area contributed by atoms with E-state index >= 15 is 0 Å². The van der Waals surface area contributed by atoms with Crippen LogP contribution in [0.3, 0.4) is 0 Å². The molecule has 4 heteroatoms. The van der Waals surface area contributed by atoms with Crippen LogP contribution in [-0.2, 0) is 11.2 Å². The van der Waals surface area contributed by atoms with Gasteiger partial charge in [-0.05, 0) is 30.2 Å². The van der Waals surface area contributed by atoms with E-state index in [1.165, 1.54) is 0 Å². The lowest BCUT2D eigenvalue weighted by Gasteiger charge is -2.06. The molecule has 0 fully saturated rings. The van der Waals surface area contributed by atoms with E-state index < -0.39 is 0 Å². The van der Waals surface area contributed by atoms with E-state index in [2.05, 4.69) is 15.3 Å². The first-order chi connectivity index (χ1) is 9.74. The van der Waals surface area contributed by atoms with Gasteiger partial charge in [-0.25, -0.2) is 4.98 Å². The van der Waals surface area contributed by atoms with Gasteiger partial charge in [-0.1, -0.05) is 24.3 Å². The van der Waals surface area contributed by atoms with Crippen LogP contribution in [0.1, 0.15) is 11.1 Å². The topological polar surface area (TPSA) is 57.8 Å². The van der Waals surface area contributed by atoms with Crippen molar-refractivity contribution in [3.05, 3.63) is 59.9 Å². The molecule has 3 aromatic rings. The average molecular weight is 265 g/mol. The molecule has 0 aliphatic heterocycles. The summed E-state index contributed by atoms with van der Waals surface area (Å²) in [6.07, 6.45) is 3.89. The van der Waals surface area contributed by atoms with Crippen molar-refractivity contribution in [1.29, 1.82) is 0 Å². The molecular weight excluding hydrogens is 250 g/mol. The SMILES string of the molecule is Cc1cccnc1NC(=O)Cc1c[nH]c2ccccc12. The Hall–Kier alpha value is -2.62. The summed E-state index contributed by atoms with van der Waals surface area (Å²) in [6.45, 7) is 1.92. The summed E-state index contributed by atoms with van der Waals surface area (Å²) in [4.78, 5) is 19.5. The minimum atomic E-state index is -0.0587. The number of pyridine rings is 1. The van der Waals surface area contributed by atoms with Crippen LogP contribution < -0.4 is 5.32 Å². The van der Waals surface area contributed by atoms with E-state index in [1.54, 1.807) is 6.20 Å². The molecule has 2 aromatic heterocycles. The maximum absolute atomic E-state index is 12.1. The van der Waals surface area contributed by atoms with Crippen LogP contribution >= 0.6 is 0 Å². The second-order valence-electron chi connectivity index (χ2n) is 4.75. The zero-order valence-electron chi connectivity index (χ0n) is 11.2. The molecule has 3 rings (SSSR count). The van der Waals surface area contributed by atoms with Crippen molar-refractivity contribution in [2.24, 2.45) is 0 Å². The summed E-state index contributed by atoms with van der Waals surface area (Å²) in [7, 11) is 0. The van der Waals surface area contributed by atoms with Gasteiger partial charge in [0.1, 0.15) is 5.82 Å². The van der Waals surface area contributed by atoms with Crippen LogP contribution in [-0.4, -0.2) is 15.9 Å². The molecule has 1 amide bonds. The molecule has 0 saturated carbocycles. The number of fused-ring (bicyclic) bond motifs is 1. The Morgan fingerprint density at radius 2 is 2.10 bits per heavy atom. The van der Waals surface area contributed by atoms with E-state index in [1.807, 2.05) is 49.5 Å². The van der Waals surface area contributed by atoms with E-state index in [4.69, 9.17) is 0 Å². The molecule has 2 heterocycles. The Labute approximate surface area is 116 Å². The summed E-state index contributed by atoms with van der Waals surface area (Å²) in [6, 6.07) is 11.7. The Balaban J connectivity index is 1.78. The number of rotatable bonds is 3. The zero-order chi connectivity index (χ0) is 13.9. The van der Waals surface area contributed by atoms with Gasteiger partial charge in [-0.15, -0.1) is 0 Å². The molecule has 1 aromatic carbocycles. The number of H-pyrrole nitrogens is 1. The number of benzene rings is 1. The predicted molar refractivity (Wildman–Crippen MR) is 79.6 cm³/mol. The highest BCUT2D eigenvalue weighted by molar-refractivity contribution is 5.95. The number of hydrogen-bond acceptors (Lipinski definition) is 2. The molecule has 20 heavy (non-hydrogen) atoms. The zero-order valence-corrected chi connectivity index (χ0v) is 11.2. The van der Waals surface area contributed by atoms with Gasteiger partial charge >= 0.3 is 0 Å². The summed E-state index contributed by atoms with van der Waals surface area (Å²) < 4.78 is 0. The fourth-order valence-electron chi connectivity index (χ4n) is 2.24. The number of aromatic nitrogens is 2. The van der Waals surface area contributed by atoms with Crippen LogP contribution in [0, 0.1) is 6.92 Å². The third kappa shape index (κ3) is 2.40. The quantitative estimate of drug-likeness (QED) is 0.764. The third-order valence-electron chi connectivity index (χ3n) is 3.29. The smallest absolute Gasteiger partial charge is 0.230 e. The second-order valence-corrected chi connectivity index (χ2v) is 4.75. The first kappa shape index (κ1) is 12.4. The molecule has 100 valence electrons. The molecule has 0 bridgehead atoms. The summed E-state index contributed by atoms with van der Waals surface area (Å²) in [5.41, 5.74) is 3.00. The molecule has 0 unspecified atom stereocenters. The van der Waals surface area contributed by atoms with Crippen molar-refractivity contribution in [3.63, 3.8) is 0 Å². The van der Waals surface area contributed by atoms with Gasteiger partial charge in [0.25, 0.3) is 0 Å². The van der Waals surface area contributed by atoms with Crippen molar-refractivity contribution < 1.29 is 4.79 Å².